The molecule has 4 unspecified atom stereocenters. The molecule has 0 spiro atoms. The minimum atomic E-state index is -5.10. The Morgan fingerprint density at radius 3 is 1.24 bits per heavy atom. The van der Waals surface area contributed by atoms with Crippen LogP contribution in [0.4, 0.5) is 26.3 Å². The average Bonchev–Trinajstić information content (AvgIpc) is 3.10. The zero-order valence-electron chi connectivity index (χ0n) is 30.0. The number of hydrogen-bond donors (Lipinski definition) is 4. The van der Waals surface area contributed by atoms with Crippen molar-refractivity contribution in [1.82, 2.24) is 0 Å². The minimum absolute atomic E-state index is 0.307. The lowest BCUT2D eigenvalue weighted by Gasteiger charge is -2.23. The molecule has 0 amide bonds. The largest absolute Gasteiger partial charge is 0.462 e. The van der Waals surface area contributed by atoms with E-state index in [4.69, 9.17) is 19.3 Å². The van der Waals surface area contributed by atoms with Gasteiger partial charge in [0.05, 0.1) is 58.5 Å². The summed E-state index contributed by atoms with van der Waals surface area (Å²) in [5, 5.41) is 18.0. The van der Waals surface area contributed by atoms with E-state index in [1.54, 1.807) is 0 Å². The van der Waals surface area contributed by atoms with Crippen molar-refractivity contribution in [3.05, 3.63) is 58.7 Å². The molecule has 0 aromatic heterocycles. The van der Waals surface area contributed by atoms with Gasteiger partial charge in [0.2, 0.25) is 6.36 Å². The summed E-state index contributed by atoms with van der Waals surface area (Å²) < 4.78 is 166. The van der Waals surface area contributed by atoms with Crippen molar-refractivity contribution in [2.75, 3.05) is 26.4 Å². The van der Waals surface area contributed by atoms with Crippen LogP contribution in [0.15, 0.2) is 46.2 Å². The van der Waals surface area contributed by atoms with Crippen molar-refractivity contribution < 1.29 is 110 Å². The van der Waals surface area contributed by atoms with Crippen molar-refractivity contribution in [3.63, 3.8) is 0 Å². The van der Waals surface area contributed by atoms with Crippen LogP contribution in [-0.4, -0.2) is 123 Å². The number of aliphatic hydroxyl groups excluding tert-OH is 2. The summed E-state index contributed by atoms with van der Waals surface area (Å²) in [6.45, 7) is -2.57. The summed E-state index contributed by atoms with van der Waals surface area (Å²) in [5.74, 6) is -12.9. The van der Waals surface area contributed by atoms with Gasteiger partial charge in [-0.3, -0.25) is 9.11 Å². The molecule has 0 fully saturated rings. The Morgan fingerprint density at radius 1 is 0.569 bits per heavy atom. The highest BCUT2D eigenvalue weighted by molar-refractivity contribution is 7.86. The molecule has 0 saturated heterocycles. The van der Waals surface area contributed by atoms with Crippen LogP contribution < -0.4 is 0 Å². The van der Waals surface area contributed by atoms with E-state index < -0.39 is 165 Å². The van der Waals surface area contributed by atoms with Gasteiger partial charge in [0.15, 0.2) is 12.5 Å². The maximum absolute atomic E-state index is 14.4. The predicted molar refractivity (Wildman–Crippen MR) is 177 cm³/mol. The van der Waals surface area contributed by atoms with E-state index in [2.05, 4.69) is 14.5 Å². The van der Waals surface area contributed by atoms with E-state index in [9.17, 15) is 76.6 Å². The summed E-state index contributed by atoms with van der Waals surface area (Å²) in [5.41, 5.74) is -2.77. The molecule has 0 bridgehead atoms. The lowest BCUT2D eigenvalue weighted by Crippen LogP contribution is -2.35. The molecule has 58 heavy (non-hydrogen) atoms. The van der Waals surface area contributed by atoms with Crippen molar-refractivity contribution in [3.8, 4) is 0 Å². The lowest BCUT2D eigenvalue weighted by molar-refractivity contribution is -0.400. The summed E-state index contributed by atoms with van der Waals surface area (Å²) in [4.78, 5) is 56.5. The monoisotopic (exact) mass is 886 g/mol. The topological polar surface area (TPSA) is 273 Å². The van der Waals surface area contributed by atoms with Gasteiger partial charge in [0.1, 0.15) is 6.10 Å². The zero-order valence-corrected chi connectivity index (χ0v) is 31.7. The maximum atomic E-state index is 14.4. The number of aliphatic hydroxyl groups is 2. The Balaban J connectivity index is 2.01. The molecule has 0 heterocycles. The first-order chi connectivity index (χ1) is 26.6. The SMILES string of the molecule is CC(F)(F)C(O)CCOC(=O)c1cc(C(=O)OCCC(OOC(F)CCOC(=O)c2cc(C(=O)OCCC(O)F)cc(S(=O)(=O)O)c2)C(C)(F)F)cc(S(=O)(=O)O)c1. The first-order valence-electron chi connectivity index (χ1n) is 16.2. The van der Waals surface area contributed by atoms with Crippen LogP contribution in [0.5, 0.6) is 0 Å². The third kappa shape index (κ3) is 16.8. The number of carbonyl (C=O) groups is 4. The fourth-order valence-corrected chi connectivity index (χ4v) is 5.23. The van der Waals surface area contributed by atoms with Gasteiger partial charge in [0.25, 0.3) is 32.1 Å². The van der Waals surface area contributed by atoms with Crippen LogP contribution in [0.1, 0.15) is 81.0 Å². The fourth-order valence-electron chi connectivity index (χ4n) is 4.13. The summed E-state index contributed by atoms with van der Waals surface area (Å²) in [6.07, 6.45) is -12.7. The van der Waals surface area contributed by atoms with Crippen LogP contribution in [-0.2, 0) is 49.0 Å². The van der Waals surface area contributed by atoms with Crippen LogP contribution in [0.25, 0.3) is 0 Å². The van der Waals surface area contributed by atoms with E-state index in [0.717, 1.165) is 6.07 Å². The van der Waals surface area contributed by atoms with E-state index in [0.29, 0.717) is 44.2 Å². The summed E-state index contributed by atoms with van der Waals surface area (Å²) in [7, 11) is -10.1. The molecule has 2 rings (SSSR count). The number of ether oxygens (including phenoxy) is 4. The molecule has 0 radical (unpaired) electrons. The highest BCUT2D eigenvalue weighted by atomic mass is 32.2. The molecule has 26 heteroatoms. The van der Waals surface area contributed by atoms with Gasteiger partial charge in [-0.1, -0.05) is 0 Å². The number of rotatable bonds is 23. The Kier molecular flexibility index (Phi) is 18.0. The van der Waals surface area contributed by atoms with Crippen molar-refractivity contribution in [2.45, 2.75) is 86.1 Å². The molecule has 0 aliphatic carbocycles. The van der Waals surface area contributed by atoms with Crippen LogP contribution >= 0.6 is 0 Å². The number of esters is 4. The van der Waals surface area contributed by atoms with E-state index >= 15 is 0 Å². The van der Waals surface area contributed by atoms with Crippen LogP contribution in [0.2, 0.25) is 0 Å². The number of hydrogen-bond acceptors (Lipinski definition) is 16. The number of benzene rings is 2. The standard InChI is InChI=1S/C32H36F6O18S2/c1-31(35,36)23(39)3-7-51-27(41)17-11-18(14-21(13-17)57(45,46)47)28(42)52-8-4-24(32(2,37)38)55-56-26(34)6-10-54-30(44)20-12-19(15-22(16-20)58(48,49)50)29(43)53-9-5-25(33)40/h11-16,23-26,39-40H,3-10H2,1-2H3,(H,45,46,47)(H,48,49,50). The first kappa shape index (κ1) is 49.7. The zero-order chi connectivity index (χ0) is 44.2. The fraction of sp³-hybridized carbons (Fsp3) is 0.500. The van der Waals surface area contributed by atoms with Crippen molar-refractivity contribution in [1.29, 1.82) is 0 Å². The molecule has 326 valence electrons. The Bertz CT molecular complexity index is 1980. The highest BCUT2D eigenvalue weighted by Gasteiger charge is 2.37. The molecule has 2 aromatic rings. The Labute approximate surface area is 325 Å². The normalized spacial score (nSPS) is 14.5. The molecule has 0 aliphatic heterocycles. The third-order valence-corrected chi connectivity index (χ3v) is 8.85. The van der Waals surface area contributed by atoms with E-state index in [1.807, 2.05) is 0 Å². The van der Waals surface area contributed by atoms with Crippen LogP contribution in [0.3, 0.4) is 0 Å². The highest BCUT2D eigenvalue weighted by Crippen LogP contribution is 2.26. The number of halogens is 6. The molecule has 0 aliphatic rings. The molecular formula is C32H36F6O18S2. The minimum Gasteiger partial charge on any atom is -0.462 e. The smallest absolute Gasteiger partial charge is 0.338 e. The van der Waals surface area contributed by atoms with Crippen molar-refractivity contribution >= 4 is 44.1 Å². The molecule has 18 nitrogen and oxygen atoms in total. The Morgan fingerprint density at radius 2 is 0.914 bits per heavy atom. The molecule has 4 atom stereocenters. The van der Waals surface area contributed by atoms with Crippen molar-refractivity contribution in [2.24, 2.45) is 0 Å². The van der Waals surface area contributed by atoms with Crippen LogP contribution in [0, 0.1) is 0 Å². The van der Waals surface area contributed by atoms with Gasteiger partial charge >= 0.3 is 23.9 Å². The summed E-state index contributed by atoms with van der Waals surface area (Å²) >= 11 is 0. The molecule has 0 saturated carbocycles. The number of carbonyl (C=O) groups excluding carboxylic acids is 4. The third-order valence-electron chi connectivity index (χ3n) is 7.18. The van der Waals surface area contributed by atoms with Gasteiger partial charge < -0.3 is 29.2 Å². The van der Waals surface area contributed by atoms with Gasteiger partial charge in [-0.15, -0.1) is 0 Å². The first-order valence-corrected chi connectivity index (χ1v) is 19.1. The van der Waals surface area contributed by atoms with E-state index in [1.165, 1.54) is 0 Å². The maximum Gasteiger partial charge on any atom is 0.338 e. The summed E-state index contributed by atoms with van der Waals surface area (Å²) in [6, 6.07) is 3.69. The van der Waals surface area contributed by atoms with Gasteiger partial charge in [-0.2, -0.15) is 21.7 Å². The average molecular weight is 887 g/mol. The lowest BCUT2D eigenvalue weighted by atomic mass is 10.1. The number of alkyl halides is 6. The van der Waals surface area contributed by atoms with Gasteiger partial charge in [0, 0.05) is 39.5 Å². The molecular weight excluding hydrogens is 850 g/mol. The van der Waals surface area contributed by atoms with Gasteiger partial charge in [-0.05, 0) is 36.4 Å². The second-order valence-electron chi connectivity index (χ2n) is 12.1. The molecule has 2 aromatic carbocycles. The van der Waals surface area contributed by atoms with E-state index in [-0.39, 0.29) is 0 Å². The molecule has 4 N–H and O–H groups in total. The van der Waals surface area contributed by atoms with Gasteiger partial charge in [-0.25, -0.2) is 50.4 Å². The second-order valence-corrected chi connectivity index (χ2v) is 14.9. The Hall–Kier alpha value is -4.44. The second kappa shape index (κ2) is 21.0. The quantitative estimate of drug-likeness (QED) is 0.0310. The predicted octanol–water partition coefficient (Wildman–Crippen LogP) is 3.64.